The zero-order valence-corrected chi connectivity index (χ0v) is 10.5. The third-order valence-electron chi connectivity index (χ3n) is 3.09. The predicted octanol–water partition coefficient (Wildman–Crippen LogP) is 2.04. The first-order valence-electron chi connectivity index (χ1n) is 6.31. The molecule has 2 rings (SSSR count). The van der Waals surface area contributed by atoms with E-state index in [2.05, 4.69) is 0 Å². The molecule has 1 fully saturated rings. The van der Waals surface area contributed by atoms with Gasteiger partial charge in [0.2, 0.25) is 0 Å². The molecule has 96 valence electrons. The van der Waals surface area contributed by atoms with Crippen LogP contribution < -0.4 is 0 Å². The van der Waals surface area contributed by atoms with Gasteiger partial charge in [-0.1, -0.05) is 13.8 Å². The SMILES string of the molecule is CC(C)C1C=C(COC2CCCCO2)C(=O)O1. The second-order valence-corrected chi connectivity index (χ2v) is 4.91. The van der Waals surface area contributed by atoms with E-state index in [4.69, 9.17) is 14.2 Å². The number of carbonyl (C=O) groups excluding carboxylic acids is 1. The molecule has 2 aliphatic rings. The lowest BCUT2D eigenvalue weighted by Gasteiger charge is -2.22. The number of ether oxygens (including phenoxy) is 3. The molecule has 2 heterocycles. The van der Waals surface area contributed by atoms with E-state index in [0.717, 1.165) is 25.9 Å². The van der Waals surface area contributed by atoms with Gasteiger partial charge in [0.15, 0.2) is 6.29 Å². The van der Waals surface area contributed by atoms with Crippen LogP contribution in [0.3, 0.4) is 0 Å². The lowest BCUT2D eigenvalue weighted by Crippen LogP contribution is -2.23. The van der Waals surface area contributed by atoms with E-state index in [1.54, 1.807) is 0 Å². The van der Waals surface area contributed by atoms with Crippen LogP contribution in [-0.2, 0) is 19.0 Å². The van der Waals surface area contributed by atoms with Crippen molar-refractivity contribution in [1.29, 1.82) is 0 Å². The number of hydrogen-bond donors (Lipinski definition) is 0. The van der Waals surface area contributed by atoms with Gasteiger partial charge in [0, 0.05) is 6.61 Å². The molecule has 2 aliphatic heterocycles. The van der Waals surface area contributed by atoms with Gasteiger partial charge in [0.1, 0.15) is 6.10 Å². The zero-order chi connectivity index (χ0) is 12.3. The summed E-state index contributed by atoms with van der Waals surface area (Å²) in [5.74, 6) is 0.0573. The van der Waals surface area contributed by atoms with Crippen molar-refractivity contribution in [3.05, 3.63) is 11.6 Å². The lowest BCUT2D eigenvalue weighted by atomic mass is 10.1. The number of hydrogen-bond acceptors (Lipinski definition) is 4. The number of rotatable bonds is 4. The van der Waals surface area contributed by atoms with Crippen LogP contribution in [0.5, 0.6) is 0 Å². The van der Waals surface area contributed by atoms with Gasteiger partial charge in [-0.3, -0.25) is 0 Å². The van der Waals surface area contributed by atoms with Gasteiger partial charge in [0.25, 0.3) is 0 Å². The molecule has 4 heteroatoms. The number of esters is 1. The fourth-order valence-electron chi connectivity index (χ4n) is 1.96. The maximum absolute atomic E-state index is 11.6. The van der Waals surface area contributed by atoms with Gasteiger partial charge >= 0.3 is 5.97 Å². The van der Waals surface area contributed by atoms with Crippen molar-refractivity contribution < 1.29 is 19.0 Å². The van der Waals surface area contributed by atoms with Crippen LogP contribution in [0.1, 0.15) is 33.1 Å². The number of carbonyl (C=O) groups is 1. The largest absolute Gasteiger partial charge is 0.454 e. The summed E-state index contributed by atoms with van der Waals surface area (Å²) in [4.78, 5) is 11.6. The van der Waals surface area contributed by atoms with Gasteiger partial charge < -0.3 is 14.2 Å². The summed E-state index contributed by atoms with van der Waals surface area (Å²) >= 11 is 0. The number of cyclic esters (lactones) is 1. The third kappa shape index (κ3) is 3.30. The monoisotopic (exact) mass is 240 g/mol. The van der Waals surface area contributed by atoms with Gasteiger partial charge in [-0.05, 0) is 31.3 Å². The van der Waals surface area contributed by atoms with E-state index in [9.17, 15) is 4.79 Å². The summed E-state index contributed by atoms with van der Waals surface area (Å²) in [6.45, 7) is 5.11. The quantitative estimate of drug-likeness (QED) is 0.705. The van der Waals surface area contributed by atoms with Crippen LogP contribution in [-0.4, -0.2) is 31.6 Å². The maximum atomic E-state index is 11.6. The molecule has 0 amide bonds. The Morgan fingerprint density at radius 3 is 2.88 bits per heavy atom. The first-order valence-corrected chi connectivity index (χ1v) is 6.31. The molecular weight excluding hydrogens is 220 g/mol. The molecule has 1 saturated heterocycles. The molecule has 2 atom stereocenters. The summed E-state index contributed by atoms with van der Waals surface area (Å²) in [6.07, 6.45) is 4.75. The molecule has 0 aromatic rings. The highest BCUT2D eigenvalue weighted by Crippen LogP contribution is 2.21. The predicted molar refractivity (Wildman–Crippen MR) is 62.3 cm³/mol. The Labute approximate surface area is 102 Å². The van der Waals surface area contributed by atoms with E-state index in [0.29, 0.717) is 18.1 Å². The molecule has 0 spiro atoms. The van der Waals surface area contributed by atoms with Crippen LogP contribution in [0, 0.1) is 5.92 Å². The van der Waals surface area contributed by atoms with Crippen LogP contribution in [0.25, 0.3) is 0 Å². The Kier molecular flexibility index (Phi) is 4.18. The third-order valence-corrected chi connectivity index (χ3v) is 3.09. The average molecular weight is 240 g/mol. The second-order valence-electron chi connectivity index (χ2n) is 4.91. The molecule has 0 bridgehead atoms. The fraction of sp³-hybridized carbons (Fsp3) is 0.769. The van der Waals surface area contributed by atoms with Crippen molar-refractivity contribution in [2.45, 2.75) is 45.5 Å². The van der Waals surface area contributed by atoms with Crippen molar-refractivity contribution in [2.24, 2.45) is 5.92 Å². The van der Waals surface area contributed by atoms with Crippen molar-refractivity contribution in [3.63, 3.8) is 0 Å². The minimum Gasteiger partial charge on any atom is -0.454 e. The van der Waals surface area contributed by atoms with Crippen LogP contribution in [0.2, 0.25) is 0 Å². The van der Waals surface area contributed by atoms with Crippen molar-refractivity contribution >= 4 is 5.97 Å². The van der Waals surface area contributed by atoms with Crippen molar-refractivity contribution in [2.75, 3.05) is 13.2 Å². The second kappa shape index (κ2) is 5.65. The molecule has 0 aromatic heterocycles. The zero-order valence-electron chi connectivity index (χ0n) is 10.5. The highest BCUT2D eigenvalue weighted by molar-refractivity contribution is 5.91. The van der Waals surface area contributed by atoms with E-state index in [-0.39, 0.29) is 18.4 Å². The average Bonchev–Trinajstić information content (AvgIpc) is 2.70. The minimum atomic E-state index is -0.250. The first kappa shape index (κ1) is 12.6. The molecule has 0 saturated carbocycles. The van der Waals surface area contributed by atoms with Gasteiger partial charge in [-0.15, -0.1) is 0 Å². The summed E-state index contributed by atoms with van der Waals surface area (Å²) < 4.78 is 16.2. The van der Waals surface area contributed by atoms with E-state index >= 15 is 0 Å². The maximum Gasteiger partial charge on any atom is 0.336 e. The summed E-state index contributed by atoms with van der Waals surface area (Å²) in [5.41, 5.74) is 0.623. The molecule has 17 heavy (non-hydrogen) atoms. The molecule has 0 aliphatic carbocycles. The van der Waals surface area contributed by atoms with E-state index in [1.165, 1.54) is 0 Å². The summed E-state index contributed by atoms with van der Waals surface area (Å²) in [7, 11) is 0. The van der Waals surface area contributed by atoms with Gasteiger partial charge in [0.05, 0.1) is 12.2 Å². The highest BCUT2D eigenvalue weighted by Gasteiger charge is 2.28. The van der Waals surface area contributed by atoms with E-state index < -0.39 is 0 Å². The standard InChI is InChI=1S/C13H20O4/c1-9(2)11-7-10(13(14)17-11)8-16-12-5-3-4-6-15-12/h7,9,11-12H,3-6,8H2,1-2H3. The first-order chi connectivity index (χ1) is 8.16. The van der Waals surface area contributed by atoms with E-state index in [1.807, 2.05) is 19.9 Å². The van der Waals surface area contributed by atoms with Crippen molar-refractivity contribution in [1.82, 2.24) is 0 Å². The van der Waals surface area contributed by atoms with Crippen LogP contribution in [0.4, 0.5) is 0 Å². The van der Waals surface area contributed by atoms with Gasteiger partial charge in [-0.2, -0.15) is 0 Å². The molecule has 0 radical (unpaired) electrons. The van der Waals surface area contributed by atoms with Crippen LogP contribution >= 0.6 is 0 Å². The summed E-state index contributed by atoms with van der Waals surface area (Å²) in [6, 6.07) is 0. The van der Waals surface area contributed by atoms with Gasteiger partial charge in [-0.25, -0.2) is 4.79 Å². The molecule has 2 unspecified atom stereocenters. The topological polar surface area (TPSA) is 44.8 Å². The Morgan fingerprint density at radius 1 is 1.47 bits per heavy atom. The molecule has 0 aromatic carbocycles. The molecular formula is C13H20O4. The molecule has 0 N–H and O–H groups in total. The Morgan fingerprint density at radius 2 is 2.29 bits per heavy atom. The molecule has 4 nitrogen and oxygen atoms in total. The minimum absolute atomic E-state index is 0.103. The Hall–Kier alpha value is -0.870. The Bertz CT molecular complexity index is 303. The van der Waals surface area contributed by atoms with Crippen LogP contribution in [0.15, 0.2) is 11.6 Å². The highest BCUT2D eigenvalue weighted by atomic mass is 16.7. The summed E-state index contributed by atoms with van der Waals surface area (Å²) in [5, 5.41) is 0. The smallest absolute Gasteiger partial charge is 0.336 e. The van der Waals surface area contributed by atoms with Crippen molar-refractivity contribution in [3.8, 4) is 0 Å². The fourth-order valence-corrected chi connectivity index (χ4v) is 1.96. The lowest BCUT2D eigenvalue weighted by molar-refractivity contribution is -0.160. The Balaban J connectivity index is 1.81. The normalized spacial score (nSPS) is 29.4.